The number of carbonyl (C=O) groups is 1. The molecule has 4 heteroatoms. The lowest BCUT2D eigenvalue weighted by Gasteiger charge is -2.01. The van der Waals surface area contributed by atoms with Crippen LogP contribution >= 0.6 is 0 Å². The van der Waals surface area contributed by atoms with E-state index in [4.69, 9.17) is 9.84 Å². The molecule has 18 heavy (non-hydrogen) atoms. The van der Waals surface area contributed by atoms with E-state index >= 15 is 0 Å². The maximum Gasteiger partial charge on any atom is 0.354 e. The first-order valence-corrected chi connectivity index (χ1v) is 6.15. The van der Waals surface area contributed by atoms with Crippen LogP contribution in [0.2, 0.25) is 0 Å². The number of esters is 1. The number of aliphatic hydroxyl groups is 1. The summed E-state index contributed by atoms with van der Waals surface area (Å²) in [5.74, 6) is -0.332. The molecule has 2 N–H and O–H groups in total. The summed E-state index contributed by atoms with van der Waals surface area (Å²) >= 11 is 0. The van der Waals surface area contributed by atoms with E-state index in [0.29, 0.717) is 18.7 Å². The molecule has 1 aromatic carbocycles. The van der Waals surface area contributed by atoms with Crippen molar-refractivity contribution >= 4 is 16.9 Å². The van der Waals surface area contributed by atoms with Crippen molar-refractivity contribution in [2.24, 2.45) is 0 Å². The van der Waals surface area contributed by atoms with Gasteiger partial charge in [-0.3, -0.25) is 0 Å². The Labute approximate surface area is 106 Å². The van der Waals surface area contributed by atoms with Crippen molar-refractivity contribution in [3.63, 3.8) is 0 Å². The van der Waals surface area contributed by atoms with E-state index in [2.05, 4.69) is 4.98 Å². The second-order valence-electron chi connectivity index (χ2n) is 4.11. The van der Waals surface area contributed by atoms with Crippen LogP contribution < -0.4 is 0 Å². The molecular weight excluding hydrogens is 230 g/mol. The van der Waals surface area contributed by atoms with Crippen molar-refractivity contribution in [2.45, 2.75) is 19.8 Å². The second-order valence-corrected chi connectivity index (χ2v) is 4.11. The van der Waals surface area contributed by atoms with Crippen molar-refractivity contribution in [1.29, 1.82) is 0 Å². The monoisotopic (exact) mass is 247 g/mol. The van der Waals surface area contributed by atoms with E-state index in [1.54, 1.807) is 13.0 Å². The Bertz CT molecular complexity index is 545. The van der Waals surface area contributed by atoms with Gasteiger partial charge in [0.05, 0.1) is 6.61 Å². The molecule has 0 saturated carbocycles. The van der Waals surface area contributed by atoms with E-state index in [1.807, 2.05) is 18.2 Å². The summed E-state index contributed by atoms with van der Waals surface area (Å²) in [6.45, 7) is 2.32. The average Bonchev–Trinajstić information content (AvgIpc) is 2.81. The van der Waals surface area contributed by atoms with Crippen LogP contribution in [-0.4, -0.2) is 29.3 Å². The molecule has 0 bridgehead atoms. The normalized spacial score (nSPS) is 10.8. The highest BCUT2D eigenvalue weighted by atomic mass is 16.5. The third kappa shape index (κ3) is 2.54. The van der Waals surface area contributed by atoms with Crippen LogP contribution in [0.1, 0.15) is 29.4 Å². The van der Waals surface area contributed by atoms with Gasteiger partial charge in [0.2, 0.25) is 0 Å². The molecule has 96 valence electrons. The fraction of sp³-hybridized carbons (Fsp3) is 0.357. The molecule has 0 aliphatic heterocycles. The SMILES string of the molecule is CCOC(=O)c1cc2cccc(CCCO)c2[nH]1. The Morgan fingerprint density at radius 1 is 1.44 bits per heavy atom. The molecule has 2 aromatic rings. The van der Waals surface area contributed by atoms with Crippen molar-refractivity contribution in [3.05, 3.63) is 35.5 Å². The van der Waals surface area contributed by atoms with Crippen LogP contribution in [0.5, 0.6) is 0 Å². The van der Waals surface area contributed by atoms with Crippen LogP contribution in [0.15, 0.2) is 24.3 Å². The lowest BCUT2D eigenvalue weighted by molar-refractivity contribution is 0.0520. The Morgan fingerprint density at radius 3 is 3.00 bits per heavy atom. The van der Waals surface area contributed by atoms with Gasteiger partial charge in [-0.25, -0.2) is 4.79 Å². The van der Waals surface area contributed by atoms with E-state index in [-0.39, 0.29) is 12.6 Å². The van der Waals surface area contributed by atoms with Gasteiger partial charge in [0.25, 0.3) is 0 Å². The van der Waals surface area contributed by atoms with E-state index in [9.17, 15) is 4.79 Å². The predicted octanol–water partition coefficient (Wildman–Crippen LogP) is 2.27. The van der Waals surface area contributed by atoms with E-state index in [0.717, 1.165) is 22.9 Å². The zero-order chi connectivity index (χ0) is 13.0. The first kappa shape index (κ1) is 12.6. The number of benzene rings is 1. The number of aromatic nitrogens is 1. The number of carbonyl (C=O) groups excluding carboxylic acids is 1. The standard InChI is InChI=1S/C14H17NO3/c1-2-18-14(17)12-9-11-6-3-5-10(7-4-8-16)13(11)15-12/h3,5-6,9,15-16H,2,4,7-8H2,1H3. The largest absolute Gasteiger partial charge is 0.461 e. The third-order valence-corrected chi connectivity index (χ3v) is 2.84. The maximum absolute atomic E-state index is 11.6. The highest BCUT2D eigenvalue weighted by Crippen LogP contribution is 2.21. The quantitative estimate of drug-likeness (QED) is 0.797. The van der Waals surface area contributed by atoms with Gasteiger partial charge in [0, 0.05) is 17.5 Å². The van der Waals surface area contributed by atoms with Gasteiger partial charge in [0.1, 0.15) is 5.69 Å². The van der Waals surface area contributed by atoms with E-state index in [1.165, 1.54) is 0 Å². The summed E-state index contributed by atoms with van der Waals surface area (Å²) in [6, 6.07) is 7.72. The van der Waals surface area contributed by atoms with Gasteiger partial charge < -0.3 is 14.8 Å². The number of aryl methyl sites for hydroxylation is 1. The van der Waals surface area contributed by atoms with Crippen LogP contribution in [0, 0.1) is 0 Å². The number of nitrogens with one attached hydrogen (secondary N) is 1. The molecule has 0 spiro atoms. The molecule has 0 saturated heterocycles. The van der Waals surface area contributed by atoms with Gasteiger partial charge in [0.15, 0.2) is 0 Å². The van der Waals surface area contributed by atoms with Crippen LogP contribution in [0.4, 0.5) is 0 Å². The molecule has 0 aliphatic carbocycles. The molecule has 1 heterocycles. The number of hydrogen-bond acceptors (Lipinski definition) is 3. The minimum absolute atomic E-state index is 0.168. The highest BCUT2D eigenvalue weighted by Gasteiger charge is 2.11. The molecule has 0 aliphatic rings. The Morgan fingerprint density at radius 2 is 2.28 bits per heavy atom. The zero-order valence-electron chi connectivity index (χ0n) is 10.4. The first-order chi connectivity index (χ1) is 8.76. The summed E-state index contributed by atoms with van der Waals surface area (Å²) < 4.78 is 4.97. The zero-order valence-corrected chi connectivity index (χ0v) is 10.4. The molecule has 2 rings (SSSR count). The van der Waals surface area contributed by atoms with Gasteiger partial charge in [-0.05, 0) is 31.4 Å². The molecule has 4 nitrogen and oxygen atoms in total. The second kappa shape index (κ2) is 5.69. The van der Waals surface area contributed by atoms with Gasteiger partial charge in [-0.2, -0.15) is 0 Å². The van der Waals surface area contributed by atoms with Gasteiger partial charge in [-0.15, -0.1) is 0 Å². The average molecular weight is 247 g/mol. The number of aliphatic hydroxyl groups excluding tert-OH is 1. The molecular formula is C14H17NO3. The summed E-state index contributed by atoms with van der Waals surface area (Å²) in [6.07, 6.45) is 1.50. The Hall–Kier alpha value is -1.81. The summed E-state index contributed by atoms with van der Waals surface area (Å²) in [4.78, 5) is 14.7. The molecule has 0 atom stereocenters. The smallest absolute Gasteiger partial charge is 0.354 e. The minimum Gasteiger partial charge on any atom is -0.461 e. The number of ether oxygens (including phenoxy) is 1. The molecule has 0 unspecified atom stereocenters. The molecule has 1 aromatic heterocycles. The lowest BCUT2D eigenvalue weighted by Crippen LogP contribution is -2.04. The number of H-pyrrole nitrogens is 1. The first-order valence-electron chi connectivity index (χ1n) is 6.15. The number of fused-ring (bicyclic) bond motifs is 1. The van der Waals surface area contributed by atoms with Crippen LogP contribution in [0.25, 0.3) is 10.9 Å². The minimum atomic E-state index is -0.332. The predicted molar refractivity (Wildman–Crippen MR) is 69.7 cm³/mol. The number of rotatable bonds is 5. The van der Waals surface area contributed by atoms with Gasteiger partial charge >= 0.3 is 5.97 Å². The number of para-hydroxylation sites is 1. The Balaban J connectivity index is 2.34. The van der Waals surface area contributed by atoms with Crippen molar-refractivity contribution in [1.82, 2.24) is 4.98 Å². The van der Waals surface area contributed by atoms with Gasteiger partial charge in [-0.1, -0.05) is 18.2 Å². The highest BCUT2D eigenvalue weighted by molar-refractivity contribution is 5.95. The number of hydrogen-bond donors (Lipinski definition) is 2. The van der Waals surface area contributed by atoms with Crippen LogP contribution in [-0.2, 0) is 11.2 Å². The summed E-state index contributed by atoms with van der Waals surface area (Å²) in [5, 5.41) is 9.87. The molecule has 0 radical (unpaired) electrons. The fourth-order valence-electron chi connectivity index (χ4n) is 2.02. The Kier molecular flexibility index (Phi) is 3.99. The van der Waals surface area contributed by atoms with Crippen molar-refractivity contribution in [2.75, 3.05) is 13.2 Å². The fourth-order valence-corrected chi connectivity index (χ4v) is 2.02. The van der Waals surface area contributed by atoms with Crippen molar-refractivity contribution in [3.8, 4) is 0 Å². The molecule has 0 fully saturated rings. The number of aromatic amines is 1. The third-order valence-electron chi connectivity index (χ3n) is 2.84. The van der Waals surface area contributed by atoms with Crippen LogP contribution in [0.3, 0.4) is 0 Å². The summed E-state index contributed by atoms with van der Waals surface area (Å²) in [7, 11) is 0. The van der Waals surface area contributed by atoms with Crippen molar-refractivity contribution < 1.29 is 14.6 Å². The summed E-state index contributed by atoms with van der Waals surface area (Å²) in [5.41, 5.74) is 2.54. The maximum atomic E-state index is 11.6. The van der Waals surface area contributed by atoms with E-state index < -0.39 is 0 Å². The molecule has 0 amide bonds. The topological polar surface area (TPSA) is 62.3 Å². The lowest BCUT2D eigenvalue weighted by atomic mass is 10.1.